The minimum Gasteiger partial charge on any atom is -0.338 e. The van der Waals surface area contributed by atoms with Crippen LogP contribution < -0.4 is 0 Å². The maximum Gasteiger partial charge on any atom is 0.239 e. The van der Waals surface area contributed by atoms with Crippen LogP contribution in [-0.4, -0.2) is 20.3 Å². The van der Waals surface area contributed by atoms with Crippen molar-refractivity contribution in [2.75, 3.05) is 0 Å². The highest BCUT2D eigenvalue weighted by atomic mass is 32.2. The van der Waals surface area contributed by atoms with Gasteiger partial charge in [-0.05, 0) is 37.6 Å². The molecule has 4 aromatic rings. The molecule has 0 fully saturated rings. The van der Waals surface area contributed by atoms with E-state index in [0.29, 0.717) is 5.89 Å². The Labute approximate surface area is 166 Å². The van der Waals surface area contributed by atoms with E-state index in [4.69, 9.17) is 4.52 Å². The number of benzene rings is 2. The minimum absolute atomic E-state index is 0.0486. The lowest BCUT2D eigenvalue weighted by molar-refractivity contribution is 0.374. The number of nitrogens with zero attached hydrogens (tertiary/aromatic N) is 4. The van der Waals surface area contributed by atoms with Gasteiger partial charge in [0.25, 0.3) is 0 Å². The van der Waals surface area contributed by atoms with Crippen molar-refractivity contribution in [1.82, 2.24) is 20.3 Å². The first-order valence-corrected chi connectivity index (χ1v) is 10.0. The Morgan fingerprint density at radius 2 is 1.79 bits per heavy atom. The molecule has 1 atom stereocenters. The molecule has 0 aliphatic rings. The van der Waals surface area contributed by atoms with Crippen LogP contribution >= 0.6 is 11.8 Å². The smallest absolute Gasteiger partial charge is 0.239 e. The van der Waals surface area contributed by atoms with Crippen molar-refractivity contribution in [2.24, 2.45) is 0 Å². The summed E-state index contributed by atoms with van der Waals surface area (Å²) >= 11 is 1.53. The number of fused-ring (bicyclic) bond motifs is 1. The van der Waals surface area contributed by atoms with Crippen molar-refractivity contribution in [3.63, 3.8) is 0 Å². The Morgan fingerprint density at radius 3 is 2.54 bits per heavy atom. The molecule has 7 heteroatoms. The van der Waals surface area contributed by atoms with E-state index in [1.54, 1.807) is 12.1 Å². The van der Waals surface area contributed by atoms with Crippen molar-refractivity contribution < 1.29 is 8.91 Å². The normalized spacial score (nSPS) is 12.4. The third-order valence-electron chi connectivity index (χ3n) is 4.36. The van der Waals surface area contributed by atoms with Crippen LogP contribution in [0.4, 0.5) is 4.39 Å². The first-order chi connectivity index (χ1) is 13.7. The highest BCUT2D eigenvalue weighted by molar-refractivity contribution is 7.99. The van der Waals surface area contributed by atoms with Crippen molar-refractivity contribution in [3.05, 3.63) is 66.1 Å². The quantitative estimate of drug-likeness (QED) is 0.395. The fourth-order valence-corrected chi connectivity index (χ4v) is 3.89. The second-order valence-corrected chi connectivity index (χ2v) is 7.79. The summed E-state index contributed by atoms with van der Waals surface area (Å²) < 4.78 is 18.7. The van der Waals surface area contributed by atoms with Crippen molar-refractivity contribution >= 4 is 22.5 Å². The summed E-state index contributed by atoms with van der Waals surface area (Å²) in [6.07, 6.45) is 1.78. The van der Waals surface area contributed by atoms with Gasteiger partial charge in [0.05, 0.1) is 5.25 Å². The molecule has 2 heterocycles. The van der Waals surface area contributed by atoms with Crippen LogP contribution in [-0.2, 0) is 6.42 Å². The maximum absolute atomic E-state index is 13.3. The van der Waals surface area contributed by atoms with Gasteiger partial charge in [0.1, 0.15) is 16.5 Å². The van der Waals surface area contributed by atoms with Gasteiger partial charge in [-0.25, -0.2) is 4.39 Å². The predicted octanol–water partition coefficient (Wildman–Crippen LogP) is 5.62. The molecule has 0 bridgehead atoms. The summed E-state index contributed by atoms with van der Waals surface area (Å²) in [5.74, 6) is 1.04. The number of rotatable bonds is 6. The van der Waals surface area contributed by atoms with E-state index in [1.165, 1.54) is 23.9 Å². The number of halogens is 1. The average molecular weight is 394 g/mol. The lowest BCUT2D eigenvalue weighted by Gasteiger charge is -2.11. The van der Waals surface area contributed by atoms with Gasteiger partial charge in [0.15, 0.2) is 5.82 Å². The second kappa shape index (κ2) is 8.06. The molecule has 0 N–H and O–H groups in total. The van der Waals surface area contributed by atoms with Gasteiger partial charge in [-0.3, -0.25) is 0 Å². The van der Waals surface area contributed by atoms with Gasteiger partial charge in [-0.1, -0.05) is 48.1 Å². The van der Waals surface area contributed by atoms with Crippen molar-refractivity contribution in [2.45, 2.75) is 37.0 Å². The fraction of sp³-hybridized carbons (Fsp3) is 0.238. The van der Waals surface area contributed by atoms with Gasteiger partial charge < -0.3 is 4.52 Å². The Balaban J connectivity index is 1.68. The van der Waals surface area contributed by atoms with Gasteiger partial charge in [-0.15, -0.1) is 10.2 Å². The third-order valence-corrected chi connectivity index (χ3v) is 5.44. The SMILES string of the molecule is CCCc1noc(C(C)Sc2nnc(-c3ccc(F)cc3)c3ccccc23)n1. The van der Waals surface area contributed by atoms with Crippen LogP contribution in [0.2, 0.25) is 0 Å². The summed E-state index contributed by atoms with van der Waals surface area (Å²) in [5.41, 5.74) is 1.56. The molecule has 0 aliphatic carbocycles. The molecule has 0 amide bonds. The Kier molecular flexibility index (Phi) is 5.34. The average Bonchev–Trinajstić information content (AvgIpc) is 3.18. The second-order valence-electron chi connectivity index (χ2n) is 6.47. The highest BCUT2D eigenvalue weighted by Crippen LogP contribution is 2.38. The van der Waals surface area contributed by atoms with Crippen LogP contribution in [0.5, 0.6) is 0 Å². The number of aryl methyl sites for hydroxylation is 1. The van der Waals surface area contributed by atoms with Crippen LogP contribution in [0.3, 0.4) is 0 Å². The van der Waals surface area contributed by atoms with Crippen LogP contribution in [0, 0.1) is 5.82 Å². The zero-order chi connectivity index (χ0) is 19.5. The van der Waals surface area contributed by atoms with Gasteiger partial charge in [0.2, 0.25) is 5.89 Å². The highest BCUT2D eigenvalue weighted by Gasteiger charge is 2.19. The summed E-state index contributed by atoms with van der Waals surface area (Å²) in [7, 11) is 0. The molecule has 0 saturated heterocycles. The molecule has 4 rings (SSSR count). The van der Waals surface area contributed by atoms with Crippen LogP contribution in [0.1, 0.15) is 37.2 Å². The van der Waals surface area contributed by atoms with Gasteiger partial charge in [-0.2, -0.15) is 4.98 Å². The third kappa shape index (κ3) is 3.75. The molecule has 0 aliphatic heterocycles. The molecule has 0 spiro atoms. The van der Waals surface area contributed by atoms with Crippen LogP contribution in [0.15, 0.2) is 58.1 Å². The predicted molar refractivity (Wildman–Crippen MR) is 107 cm³/mol. The largest absolute Gasteiger partial charge is 0.338 e. The molecule has 0 saturated carbocycles. The first kappa shape index (κ1) is 18.6. The summed E-state index contributed by atoms with van der Waals surface area (Å²) in [6, 6.07) is 14.2. The Bertz CT molecular complexity index is 1100. The summed E-state index contributed by atoms with van der Waals surface area (Å²) in [4.78, 5) is 4.47. The summed E-state index contributed by atoms with van der Waals surface area (Å²) in [6.45, 7) is 4.09. The van der Waals surface area contributed by atoms with E-state index in [0.717, 1.165) is 45.7 Å². The van der Waals surface area contributed by atoms with E-state index >= 15 is 0 Å². The summed E-state index contributed by atoms with van der Waals surface area (Å²) in [5, 5.41) is 15.6. The molecule has 142 valence electrons. The van der Waals surface area contributed by atoms with E-state index in [1.807, 2.05) is 31.2 Å². The van der Waals surface area contributed by atoms with E-state index in [-0.39, 0.29) is 11.1 Å². The van der Waals surface area contributed by atoms with Crippen molar-refractivity contribution in [1.29, 1.82) is 0 Å². The molecule has 0 radical (unpaired) electrons. The Morgan fingerprint density at radius 1 is 1.04 bits per heavy atom. The number of aromatic nitrogens is 4. The minimum atomic E-state index is -0.274. The first-order valence-electron chi connectivity index (χ1n) is 9.16. The number of hydrogen-bond donors (Lipinski definition) is 0. The fourth-order valence-electron chi connectivity index (χ4n) is 2.96. The monoisotopic (exact) mass is 394 g/mol. The lowest BCUT2D eigenvalue weighted by atomic mass is 10.1. The molecular formula is C21H19FN4OS. The number of hydrogen-bond acceptors (Lipinski definition) is 6. The zero-order valence-corrected chi connectivity index (χ0v) is 16.4. The molecule has 2 aromatic heterocycles. The van der Waals surface area contributed by atoms with Crippen LogP contribution in [0.25, 0.3) is 22.0 Å². The lowest BCUT2D eigenvalue weighted by Crippen LogP contribution is -1.96. The molecule has 1 unspecified atom stereocenters. The molecular weight excluding hydrogens is 375 g/mol. The topological polar surface area (TPSA) is 64.7 Å². The van der Waals surface area contributed by atoms with Crippen molar-refractivity contribution in [3.8, 4) is 11.3 Å². The van der Waals surface area contributed by atoms with E-state index < -0.39 is 0 Å². The van der Waals surface area contributed by atoms with Gasteiger partial charge >= 0.3 is 0 Å². The van der Waals surface area contributed by atoms with E-state index in [9.17, 15) is 4.39 Å². The zero-order valence-electron chi connectivity index (χ0n) is 15.6. The molecule has 2 aromatic carbocycles. The maximum atomic E-state index is 13.3. The molecule has 28 heavy (non-hydrogen) atoms. The Hall–Kier alpha value is -2.80. The van der Waals surface area contributed by atoms with Gasteiger partial charge in [0, 0.05) is 22.8 Å². The molecule has 5 nitrogen and oxygen atoms in total. The standard InChI is InChI=1S/C21H19FN4OS/c1-3-6-18-23-20(27-26-18)13(2)28-21-17-8-5-4-7-16(17)19(24-25-21)14-9-11-15(22)12-10-14/h4-5,7-13H,3,6H2,1-2H3. The van der Waals surface area contributed by atoms with E-state index in [2.05, 4.69) is 27.3 Å². The number of thioether (sulfide) groups is 1.